The summed E-state index contributed by atoms with van der Waals surface area (Å²) in [4.78, 5) is 26.0. The molecule has 3 rings (SSSR count). The largest absolute Gasteiger partial charge is 0.465 e. The third kappa shape index (κ3) is 4.12. The van der Waals surface area contributed by atoms with Gasteiger partial charge in [0.05, 0.1) is 12.7 Å². The van der Waals surface area contributed by atoms with Gasteiger partial charge in [0.1, 0.15) is 23.7 Å². The summed E-state index contributed by atoms with van der Waals surface area (Å²) in [5.74, 6) is -0.122. The lowest BCUT2D eigenvalue weighted by atomic mass is 10.2. The number of hydrogen-bond acceptors (Lipinski definition) is 7. The van der Waals surface area contributed by atoms with Crippen LogP contribution in [0.2, 0.25) is 0 Å². The van der Waals surface area contributed by atoms with Crippen molar-refractivity contribution in [1.29, 1.82) is 0 Å². The molecule has 0 amide bonds. The molecule has 0 saturated carbocycles. The molecule has 0 spiro atoms. The first-order valence-corrected chi connectivity index (χ1v) is 9.48. The maximum Gasteiger partial charge on any atom is 0.341 e. The molecule has 0 radical (unpaired) electrons. The fourth-order valence-electron chi connectivity index (χ4n) is 2.32. The van der Waals surface area contributed by atoms with E-state index in [0.29, 0.717) is 22.7 Å². The monoisotopic (exact) mass is 388 g/mol. The topological polar surface area (TPSA) is 65.7 Å². The number of hydrogen-bond donors (Lipinski definition) is 0. The van der Waals surface area contributed by atoms with Crippen LogP contribution >= 0.6 is 22.7 Å². The number of furan rings is 1. The van der Waals surface area contributed by atoms with Crippen molar-refractivity contribution < 1.29 is 23.5 Å². The number of esters is 2. The summed E-state index contributed by atoms with van der Waals surface area (Å²) in [6.45, 7) is 1.59. The minimum absolute atomic E-state index is 0.0657. The van der Waals surface area contributed by atoms with Crippen LogP contribution in [0, 0.1) is 6.92 Å². The summed E-state index contributed by atoms with van der Waals surface area (Å²) < 4.78 is 15.6. The van der Waals surface area contributed by atoms with Gasteiger partial charge in [-0.1, -0.05) is 12.1 Å². The van der Waals surface area contributed by atoms with Crippen molar-refractivity contribution in [2.45, 2.75) is 13.5 Å². The number of carbonyl (C=O) groups is 2. The molecular formula is C19H16O5S2. The zero-order valence-electron chi connectivity index (χ0n) is 14.2. The van der Waals surface area contributed by atoms with E-state index < -0.39 is 11.9 Å². The van der Waals surface area contributed by atoms with E-state index in [4.69, 9.17) is 9.15 Å². The molecular weight excluding hydrogens is 372 g/mol. The summed E-state index contributed by atoms with van der Waals surface area (Å²) in [6, 6.07) is 9.14. The smallest absolute Gasteiger partial charge is 0.341 e. The van der Waals surface area contributed by atoms with E-state index in [1.807, 2.05) is 41.1 Å². The zero-order chi connectivity index (χ0) is 18.5. The molecule has 3 aromatic rings. The summed E-state index contributed by atoms with van der Waals surface area (Å²) in [5.41, 5.74) is 0.810. The second-order valence-corrected chi connectivity index (χ2v) is 7.23. The third-order valence-corrected chi connectivity index (χ3v) is 5.28. The van der Waals surface area contributed by atoms with E-state index in [1.165, 1.54) is 24.5 Å². The van der Waals surface area contributed by atoms with Crippen molar-refractivity contribution in [3.05, 3.63) is 67.9 Å². The van der Waals surface area contributed by atoms with E-state index in [0.717, 1.165) is 9.75 Å². The van der Waals surface area contributed by atoms with Crippen molar-refractivity contribution in [1.82, 2.24) is 0 Å². The van der Waals surface area contributed by atoms with Gasteiger partial charge in [-0.15, -0.1) is 22.7 Å². The molecule has 0 N–H and O–H groups in total. The second-order valence-electron chi connectivity index (χ2n) is 5.30. The van der Waals surface area contributed by atoms with Gasteiger partial charge in [0.2, 0.25) is 0 Å². The van der Waals surface area contributed by atoms with Crippen molar-refractivity contribution in [2.75, 3.05) is 7.11 Å². The number of thiophene rings is 2. The SMILES string of the molecule is COC(=O)c1cc(COC(=O)/C(=C/c2cccs2)c2cccs2)oc1C. The molecule has 0 fully saturated rings. The van der Waals surface area contributed by atoms with Crippen LogP contribution in [-0.4, -0.2) is 19.0 Å². The second kappa shape index (κ2) is 8.16. The Kier molecular flexibility index (Phi) is 5.70. The molecule has 0 unspecified atom stereocenters. The van der Waals surface area contributed by atoms with Crippen LogP contribution in [0.1, 0.15) is 31.6 Å². The average molecular weight is 388 g/mol. The normalized spacial score (nSPS) is 11.4. The maximum atomic E-state index is 12.6. The van der Waals surface area contributed by atoms with Gasteiger partial charge in [-0.2, -0.15) is 0 Å². The van der Waals surface area contributed by atoms with E-state index in [9.17, 15) is 9.59 Å². The minimum Gasteiger partial charge on any atom is -0.465 e. The number of carbonyl (C=O) groups excluding carboxylic acids is 2. The average Bonchev–Trinajstić information content (AvgIpc) is 3.38. The Morgan fingerprint density at radius 2 is 1.96 bits per heavy atom. The van der Waals surface area contributed by atoms with E-state index in [2.05, 4.69) is 4.74 Å². The van der Waals surface area contributed by atoms with Crippen LogP contribution in [0.25, 0.3) is 11.6 Å². The lowest BCUT2D eigenvalue weighted by Crippen LogP contribution is -2.06. The van der Waals surface area contributed by atoms with E-state index in [-0.39, 0.29) is 6.61 Å². The lowest BCUT2D eigenvalue weighted by Gasteiger charge is -2.05. The molecule has 0 aliphatic rings. The third-order valence-electron chi connectivity index (χ3n) is 3.56. The van der Waals surface area contributed by atoms with Gasteiger partial charge < -0.3 is 13.9 Å². The molecule has 3 heterocycles. The first-order chi connectivity index (χ1) is 12.6. The molecule has 0 saturated heterocycles. The van der Waals surface area contributed by atoms with E-state index in [1.54, 1.807) is 18.3 Å². The van der Waals surface area contributed by atoms with Crippen molar-refractivity contribution in [3.63, 3.8) is 0 Å². The van der Waals surface area contributed by atoms with Crippen LogP contribution in [-0.2, 0) is 20.9 Å². The molecule has 26 heavy (non-hydrogen) atoms. The van der Waals surface area contributed by atoms with Gasteiger partial charge in [0.25, 0.3) is 0 Å². The standard InChI is InChI=1S/C19H16O5S2/c1-12-15(18(20)22-2)9-13(24-12)11-23-19(21)16(17-6-4-8-26-17)10-14-5-3-7-25-14/h3-10H,11H2,1-2H3/b16-10+. The lowest BCUT2D eigenvalue weighted by molar-refractivity contribution is -0.138. The van der Waals surface area contributed by atoms with Crippen LogP contribution in [0.3, 0.4) is 0 Å². The molecule has 0 aliphatic heterocycles. The molecule has 0 bridgehead atoms. The van der Waals surface area contributed by atoms with Gasteiger partial charge in [-0.25, -0.2) is 9.59 Å². The summed E-state index contributed by atoms with van der Waals surface area (Å²) >= 11 is 3.01. The minimum atomic E-state index is -0.485. The predicted molar refractivity (Wildman–Crippen MR) is 101 cm³/mol. The van der Waals surface area contributed by atoms with Crippen molar-refractivity contribution in [2.24, 2.45) is 0 Å². The highest BCUT2D eigenvalue weighted by molar-refractivity contribution is 7.12. The van der Waals surface area contributed by atoms with Crippen LogP contribution in [0.4, 0.5) is 0 Å². The Balaban J connectivity index is 1.76. The molecule has 0 aromatic carbocycles. The Hall–Kier alpha value is -2.64. The fraction of sp³-hybridized carbons (Fsp3) is 0.158. The van der Waals surface area contributed by atoms with Gasteiger partial charge in [-0.05, 0) is 42.0 Å². The van der Waals surface area contributed by atoms with Gasteiger partial charge in [-0.3, -0.25) is 0 Å². The number of methoxy groups -OCH3 is 1. The molecule has 7 heteroatoms. The Morgan fingerprint density at radius 1 is 1.19 bits per heavy atom. The summed E-state index contributed by atoms with van der Waals surface area (Å²) in [6.07, 6.45) is 1.81. The highest BCUT2D eigenvalue weighted by Gasteiger charge is 2.19. The van der Waals surface area contributed by atoms with E-state index >= 15 is 0 Å². The number of aryl methyl sites for hydroxylation is 1. The molecule has 0 aliphatic carbocycles. The van der Waals surface area contributed by atoms with Crippen molar-refractivity contribution in [3.8, 4) is 0 Å². The van der Waals surface area contributed by atoms with Crippen LogP contribution in [0.5, 0.6) is 0 Å². The fourth-order valence-corrected chi connectivity index (χ4v) is 3.71. The van der Waals surface area contributed by atoms with Gasteiger partial charge >= 0.3 is 11.9 Å². The number of rotatable bonds is 6. The Labute approximate surface area is 158 Å². The first kappa shape index (κ1) is 18.2. The Bertz CT molecular complexity index is 917. The molecule has 5 nitrogen and oxygen atoms in total. The molecule has 134 valence electrons. The van der Waals surface area contributed by atoms with Crippen LogP contribution in [0.15, 0.2) is 45.5 Å². The predicted octanol–water partition coefficient (Wildman–Crippen LogP) is 4.78. The Morgan fingerprint density at radius 3 is 2.62 bits per heavy atom. The molecule has 3 aromatic heterocycles. The summed E-state index contributed by atoms with van der Waals surface area (Å²) in [5, 5.41) is 3.85. The first-order valence-electron chi connectivity index (χ1n) is 7.72. The van der Waals surface area contributed by atoms with Gasteiger partial charge in [0.15, 0.2) is 0 Å². The highest BCUT2D eigenvalue weighted by atomic mass is 32.1. The van der Waals surface area contributed by atoms with Crippen LogP contribution < -0.4 is 0 Å². The highest BCUT2D eigenvalue weighted by Crippen LogP contribution is 2.26. The zero-order valence-corrected chi connectivity index (χ0v) is 15.8. The van der Waals surface area contributed by atoms with Crippen molar-refractivity contribution >= 4 is 46.3 Å². The molecule has 0 atom stereocenters. The van der Waals surface area contributed by atoms with Gasteiger partial charge in [0, 0.05) is 9.75 Å². The maximum absolute atomic E-state index is 12.6. The number of ether oxygens (including phenoxy) is 2. The summed E-state index contributed by atoms with van der Waals surface area (Å²) in [7, 11) is 1.30. The quantitative estimate of drug-likeness (QED) is 0.449.